The maximum Gasteiger partial charge on any atom is 0.274 e. The van der Waals surface area contributed by atoms with E-state index in [1.165, 1.54) is 15.7 Å². The van der Waals surface area contributed by atoms with Gasteiger partial charge in [0.05, 0.1) is 0 Å². The summed E-state index contributed by atoms with van der Waals surface area (Å²) < 4.78 is 1.48. The van der Waals surface area contributed by atoms with Crippen molar-refractivity contribution in [2.75, 3.05) is 13.6 Å². The van der Waals surface area contributed by atoms with Crippen molar-refractivity contribution in [3.05, 3.63) is 98.4 Å². The molecule has 164 valence electrons. The Bertz CT molecular complexity index is 1240. The van der Waals surface area contributed by atoms with Gasteiger partial charge in [-0.3, -0.25) is 14.4 Å². The van der Waals surface area contributed by atoms with Gasteiger partial charge in [-0.1, -0.05) is 54.1 Å². The van der Waals surface area contributed by atoms with Gasteiger partial charge in [0.15, 0.2) is 11.4 Å². The molecule has 0 saturated carbocycles. The van der Waals surface area contributed by atoms with E-state index in [4.69, 9.17) is 11.6 Å². The van der Waals surface area contributed by atoms with E-state index < -0.39 is 23.0 Å². The fourth-order valence-electron chi connectivity index (χ4n) is 3.82. The molecule has 0 spiro atoms. The van der Waals surface area contributed by atoms with Crippen LogP contribution in [0.5, 0.6) is 5.75 Å². The summed E-state index contributed by atoms with van der Waals surface area (Å²) in [6.45, 7) is 1.33. The summed E-state index contributed by atoms with van der Waals surface area (Å²) in [6, 6.07) is 16.5. The molecule has 7 nitrogen and oxygen atoms in total. The molecule has 2 aromatic carbocycles. The fraction of sp³-hybridized carbons (Fsp3) is 0.208. The van der Waals surface area contributed by atoms with Gasteiger partial charge in [-0.2, -0.15) is 0 Å². The zero-order valence-corrected chi connectivity index (χ0v) is 18.2. The van der Waals surface area contributed by atoms with Crippen LogP contribution in [-0.2, 0) is 19.6 Å². The highest BCUT2D eigenvalue weighted by molar-refractivity contribution is 6.30. The third kappa shape index (κ3) is 4.24. The molecule has 0 atom stereocenters. The molecule has 0 aliphatic carbocycles. The van der Waals surface area contributed by atoms with Crippen molar-refractivity contribution in [2.45, 2.75) is 19.6 Å². The molecule has 0 saturated heterocycles. The predicted molar refractivity (Wildman–Crippen MR) is 121 cm³/mol. The second-order valence-corrected chi connectivity index (χ2v) is 8.20. The van der Waals surface area contributed by atoms with Crippen molar-refractivity contribution < 1.29 is 14.7 Å². The highest BCUT2D eigenvalue weighted by Crippen LogP contribution is 2.23. The van der Waals surface area contributed by atoms with Crippen molar-refractivity contribution in [1.82, 2.24) is 14.4 Å². The number of benzene rings is 2. The third-order valence-electron chi connectivity index (χ3n) is 5.46. The van der Waals surface area contributed by atoms with Crippen LogP contribution in [0.2, 0.25) is 5.02 Å². The SMILES string of the molecule is CN(Cc1ccccc1)C(=O)c1cn2c(c(O)c1=O)C(=O)N(Cc1cccc(Cl)c1)CC2. The normalized spacial score (nSPS) is 13.1. The highest BCUT2D eigenvalue weighted by atomic mass is 35.5. The summed E-state index contributed by atoms with van der Waals surface area (Å²) in [6.07, 6.45) is 1.37. The summed E-state index contributed by atoms with van der Waals surface area (Å²) in [4.78, 5) is 41.7. The molecule has 0 unspecified atom stereocenters. The Morgan fingerprint density at radius 1 is 1.06 bits per heavy atom. The van der Waals surface area contributed by atoms with Gasteiger partial charge in [0.2, 0.25) is 5.43 Å². The van der Waals surface area contributed by atoms with Gasteiger partial charge in [-0.05, 0) is 23.3 Å². The van der Waals surface area contributed by atoms with E-state index in [9.17, 15) is 19.5 Å². The van der Waals surface area contributed by atoms with Crippen molar-refractivity contribution in [2.24, 2.45) is 0 Å². The zero-order chi connectivity index (χ0) is 22.8. The van der Waals surface area contributed by atoms with Gasteiger partial charge in [-0.15, -0.1) is 0 Å². The number of carbonyl (C=O) groups excluding carboxylic acids is 2. The average Bonchev–Trinajstić information content (AvgIpc) is 2.78. The fourth-order valence-corrected chi connectivity index (χ4v) is 4.04. The van der Waals surface area contributed by atoms with Crippen molar-refractivity contribution >= 4 is 23.4 Å². The average molecular weight is 452 g/mol. The molecule has 0 fully saturated rings. The number of rotatable bonds is 5. The van der Waals surface area contributed by atoms with Crippen LogP contribution in [0.3, 0.4) is 0 Å². The van der Waals surface area contributed by atoms with E-state index in [0.29, 0.717) is 31.2 Å². The molecular formula is C24H22ClN3O4. The first-order chi connectivity index (χ1) is 15.3. The van der Waals surface area contributed by atoms with Gasteiger partial charge >= 0.3 is 0 Å². The Kier molecular flexibility index (Phi) is 6.01. The summed E-state index contributed by atoms with van der Waals surface area (Å²) in [7, 11) is 1.59. The highest BCUT2D eigenvalue weighted by Gasteiger charge is 2.31. The number of aromatic nitrogens is 1. The second kappa shape index (κ2) is 8.88. The van der Waals surface area contributed by atoms with E-state index in [1.807, 2.05) is 36.4 Å². The van der Waals surface area contributed by atoms with E-state index in [-0.39, 0.29) is 11.3 Å². The Morgan fingerprint density at radius 2 is 1.78 bits per heavy atom. The number of carbonyl (C=O) groups is 2. The first-order valence-corrected chi connectivity index (χ1v) is 10.5. The van der Waals surface area contributed by atoms with Gasteiger partial charge in [0, 0.05) is 44.4 Å². The molecule has 0 bridgehead atoms. The first-order valence-electron chi connectivity index (χ1n) is 10.1. The Hall–Kier alpha value is -3.58. The van der Waals surface area contributed by atoms with Crippen LogP contribution in [0.1, 0.15) is 32.0 Å². The van der Waals surface area contributed by atoms with Crippen LogP contribution in [0.15, 0.2) is 65.6 Å². The number of aromatic hydroxyl groups is 1. The number of halogens is 1. The number of pyridine rings is 1. The molecule has 3 aromatic rings. The maximum atomic E-state index is 13.0. The van der Waals surface area contributed by atoms with E-state index in [1.54, 1.807) is 30.1 Å². The van der Waals surface area contributed by atoms with E-state index in [0.717, 1.165) is 11.1 Å². The van der Waals surface area contributed by atoms with Gasteiger partial charge in [0.25, 0.3) is 11.8 Å². The molecule has 1 N–H and O–H groups in total. The van der Waals surface area contributed by atoms with Crippen LogP contribution < -0.4 is 5.43 Å². The van der Waals surface area contributed by atoms with E-state index >= 15 is 0 Å². The van der Waals surface area contributed by atoms with Crippen LogP contribution in [0.25, 0.3) is 0 Å². The van der Waals surface area contributed by atoms with E-state index in [2.05, 4.69) is 0 Å². The smallest absolute Gasteiger partial charge is 0.274 e. The molecule has 8 heteroatoms. The first kappa shape index (κ1) is 21.6. The molecule has 32 heavy (non-hydrogen) atoms. The van der Waals surface area contributed by atoms with Crippen molar-refractivity contribution in [3.63, 3.8) is 0 Å². The summed E-state index contributed by atoms with van der Waals surface area (Å²) in [5, 5.41) is 11.1. The number of amides is 2. The summed E-state index contributed by atoms with van der Waals surface area (Å²) in [5.74, 6) is -1.69. The van der Waals surface area contributed by atoms with Crippen LogP contribution >= 0.6 is 11.6 Å². The van der Waals surface area contributed by atoms with Crippen molar-refractivity contribution in [3.8, 4) is 5.75 Å². The number of nitrogens with zero attached hydrogens (tertiary/aromatic N) is 3. The lowest BCUT2D eigenvalue weighted by atomic mass is 10.1. The van der Waals surface area contributed by atoms with Crippen LogP contribution in [0, 0.1) is 0 Å². The number of hydrogen-bond acceptors (Lipinski definition) is 4. The summed E-state index contributed by atoms with van der Waals surface area (Å²) in [5.41, 5.74) is 0.637. The Balaban J connectivity index is 1.59. The largest absolute Gasteiger partial charge is 0.503 e. The summed E-state index contributed by atoms with van der Waals surface area (Å²) >= 11 is 6.02. The number of hydrogen-bond donors (Lipinski definition) is 1. The second-order valence-electron chi connectivity index (χ2n) is 7.77. The number of fused-ring (bicyclic) bond motifs is 1. The Morgan fingerprint density at radius 3 is 2.50 bits per heavy atom. The lowest BCUT2D eigenvalue weighted by Gasteiger charge is -2.31. The van der Waals surface area contributed by atoms with Crippen LogP contribution in [0.4, 0.5) is 0 Å². The molecule has 2 amide bonds. The minimum atomic E-state index is -0.848. The third-order valence-corrected chi connectivity index (χ3v) is 5.69. The molecule has 0 radical (unpaired) electrons. The predicted octanol–water partition coefficient (Wildman–Crippen LogP) is 3.14. The minimum Gasteiger partial charge on any atom is -0.503 e. The maximum absolute atomic E-state index is 13.0. The van der Waals surface area contributed by atoms with Gasteiger partial charge < -0.3 is 19.5 Å². The standard InChI is InChI=1S/C24H22ClN3O4/c1-26(13-16-6-3-2-4-7-16)23(31)19-15-27-10-11-28(14-17-8-5-9-18(25)12-17)24(32)20(27)22(30)21(19)29/h2-9,12,15,30H,10-11,13-14H2,1H3. The monoisotopic (exact) mass is 451 g/mol. The molecule has 4 rings (SSSR count). The van der Waals surface area contributed by atoms with Crippen LogP contribution in [-0.4, -0.2) is 44.9 Å². The molecule has 1 aromatic heterocycles. The Labute approximate surface area is 190 Å². The topological polar surface area (TPSA) is 82.8 Å². The molecule has 1 aliphatic heterocycles. The molecular weight excluding hydrogens is 430 g/mol. The molecule has 1 aliphatic rings. The lowest BCUT2D eigenvalue weighted by molar-refractivity contribution is 0.0678. The minimum absolute atomic E-state index is 0.106. The van der Waals surface area contributed by atoms with Gasteiger partial charge in [-0.25, -0.2) is 0 Å². The van der Waals surface area contributed by atoms with Gasteiger partial charge in [0.1, 0.15) is 5.56 Å². The molecule has 2 heterocycles. The zero-order valence-electron chi connectivity index (χ0n) is 17.5. The lowest BCUT2D eigenvalue weighted by Crippen LogP contribution is -2.42. The quantitative estimate of drug-likeness (QED) is 0.646. The van der Waals surface area contributed by atoms with Crippen molar-refractivity contribution in [1.29, 1.82) is 0 Å².